The summed E-state index contributed by atoms with van der Waals surface area (Å²) in [7, 11) is 3.21. The van der Waals surface area contributed by atoms with Gasteiger partial charge in [-0.2, -0.15) is 4.98 Å². The maximum absolute atomic E-state index is 11.8. The van der Waals surface area contributed by atoms with Crippen LogP contribution in [0, 0.1) is 0 Å². The van der Waals surface area contributed by atoms with E-state index in [0.717, 1.165) is 11.3 Å². The Balaban J connectivity index is 1.88. The van der Waals surface area contributed by atoms with E-state index in [9.17, 15) is 4.79 Å². The van der Waals surface area contributed by atoms with Gasteiger partial charge in [-0.05, 0) is 31.2 Å². The van der Waals surface area contributed by atoms with Crippen LogP contribution in [0.2, 0.25) is 0 Å². The van der Waals surface area contributed by atoms with E-state index in [4.69, 9.17) is 14.0 Å². The van der Waals surface area contributed by atoms with Crippen LogP contribution in [0.1, 0.15) is 19.2 Å². The van der Waals surface area contributed by atoms with E-state index in [1.807, 2.05) is 31.2 Å². The number of amides is 1. The largest absolute Gasteiger partial charge is 0.497 e. The van der Waals surface area contributed by atoms with Crippen molar-refractivity contribution in [3.63, 3.8) is 0 Å². The Morgan fingerprint density at radius 1 is 1.30 bits per heavy atom. The predicted octanol–water partition coefficient (Wildman–Crippen LogP) is 1.83. The molecular weight excluding hydrogens is 298 g/mol. The first-order chi connectivity index (χ1) is 11.1. The highest BCUT2D eigenvalue weighted by atomic mass is 16.5. The average Bonchev–Trinajstić information content (AvgIpc) is 3.02. The Morgan fingerprint density at radius 3 is 2.70 bits per heavy atom. The van der Waals surface area contributed by atoms with Crippen LogP contribution in [0.15, 0.2) is 28.8 Å². The molecule has 0 saturated heterocycles. The summed E-state index contributed by atoms with van der Waals surface area (Å²) < 4.78 is 15.3. The number of nitrogens with zero attached hydrogens (tertiary/aromatic N) is 2. The number of nitrogens with one attached hydrogen (secondary N) is 1. The maximum atomic E-state index is 11.8. The minimum Gasteiger partial charge on any atom is -0.497 e. The number of ether oxygens (including phenoxy) is 2. The van der Waals surface area contributed by atoms with Gasteiger partial charge in [0.25, 0.3) is 0 Å². The van der Waals surface area contributed by atoms with Crippen molar-refractivity contribution < 1.29 is 18.8 Å². The first kappa shape index (κ1) is 17.0. The van der Waals surface area contributed by atoms with Crippen molar-refractivity contribution in [3.8, 4) is 17.1 Å². The summed E-state index contributed by atoms with van der Waals surface area (Å²) in [6, 6.07) is 7.34. The summed E-state index contributed by atoms with van der Waals surface area (Å²) >= 11 is 0. The zero-order valence-electron chi connectivity index (χ0n) is 13.5. The van der Waals surface area contributed by atoms with E-state index in [2.05, 4.69) is 15.5 Å². The number of aryl methyl sites for hydroxylation is 1. The van der Waals surface area contributed by atoms with Crippen molar-refractivity contribution in [2.45, 2.75) is 25.8 Å². The minimum atomic E-state index is -0.0706. The lowest BCUT2D eigenvalue weighted by atomic mass is 10.2. The molecule has 1 heterocycles. The molecule has 1 aromatic carbocycles. The zero-order chi connectivity index (χ0) is 16.7. The molecule has 124 valence electrons. The van der Waals surface area contributed by atoms with Crippen LogP contribution in [-0.4, -0.2) is 42.9 Å². The smallest absolute Gasteiger partial charge is 0.227 e. The molecule has 0 aliphatic heterocycles. The van der Waals surface area contributed by atoms with Gasteiger partial charge in [0.1, 0.15) is 5.75 Å². The van der Waals surface area contributed by atoms with Gasteiger partial charge < -0.3 is 19.3 Å². The van der Waals surface area contributed by atoms with Crippen LogP contribution in [0.4, 0.5) is 0 Å². The second-order valence-electron chi connectivity index (χ2n) is 5.16. The molecule has 0 aliphatic carbocycles. The molecule has 0 bridgehead atoms. The van der Waals surface area contributed by atoms with E-state index < -0.39 is 0 Å². The molecule has 0 saturated carbocycles. The normalized spacial score (nSPS) is 12.0. The summed E-state index contributed by atoms with van der Waals surface area (Å²) in [5.41, 5.74) is 0.832. The minimum absolute atomic E-state index is 0.0231. The van der Waals surface area contributed by atoms with Gasteiger partial charge >= 0.3 is 0 Å². The van der Waals surface area contributed by atoms with Crippen LogP contribution in [0.25, 0.3) is 11.4 Å². The molecule has 2 aromatic rings. The van der Waals surface area contributed by atoms with Crippen LogP contribution >= 0.6 is 0 Å². The molecule has 1 atom stereocenters. The van der Waals surface area contributed by atoms with E-state index >= 15 is 0 Å². The standard InChI is InChI=1S/C16H21N3O4/c1-11(10-21-2)17-14(20)8-9-15-18-16(19-23-15)12-4-6-13(22-3)7-5-12/h4-7,11H,8-10H2,1-3H3,(H,17,20). The molecular formula is C16H21N3O4. The second-order valence-corrected chi connectivity index (χ2v) is 5.16. The number of hydrogen-bond donors (Lipinski definition) is 1. The fourth-order valence-electron chi connectivity index (χ4n) is 2.07. The SMILES string of the molecule is COCC(C)NC(=O)CCc1nc(-c2ccc(OC)cc2)no1. The van der Waals surface area contributed by atoms with E-state index in [1.54, 1.807) is 14.2 Å². The van der Waals surface area contributed by atoms with Gasteiger partial charge in [-0.1, -0.05) is 5.16 Å². The summed E-state index contributed by atoms with van der Waals surface area (Å²) in [4.78, 5) is 16.1. The molecule has 0 spiro atoms. The van der Waals surface area contributed by atoms with Crippen molar-refractivity contribution in [2.75, 3.05) is 20.8 Å². The van der Waals surface area contributed by atoms with Gasteiger partial charge in [-0.3, -0.25) is 4.79 Å². The lowest BCUT2D eigenvalue weighted by molar-refractivity contribution is -0.122. The number of hydrogen-bond acceptors (Lipinski definition) is 6. The number of carbonyl (C=O) groups is 1. The third-order valence-electron chi connectivity index (χ3n) is 3.21. The van der Waals surface area contributed by atoms with Crippen molar-refractivity contribution in [3.05, 3.63) is 30.2 Å². The van der Waals surface area contributed by atoms with Gasteiger partial charge in [0, 0.05) is 31.6 Å². The molecule has 7 nitrogen and oxygen atoms in total. The molecule has 0 fully saturated rings. The van der Waals surface area contributed by atoms with Crippen molar-refractivity contribution in [1.29, 1.82) is 0 Å². The Labute approximate surface area is 135 Å². The number of aromatic nitrogens is 2. The highest BCUT2D eigenvalue weighted by Crippen LogP contribution is 2.19. The predicted molar refractivity (Wildman–Crippen MR) is 84.1 cm³/mol. The zero-order valence-corrected chi connectivity index (χ0v) is 13.5. The second kappa shape index (κ2) is 8.28. The topological polar surface area (TPSA) is 86.5 Å². The first-order valence-electron chi connectivity index (χ1n) is 7.37. The van der Waals surface area contributed by atoms with Gasteiger partial charge in [-0.15, -0.1) is 0 Å². The van der Waals surface area contributed by atoms with Crippen LogP contribution in [-0.2, 0) is 16.0 Å². The summed E-state index contributed by atoms with van der Waals surface area (Å²) in [6.45, 7) is 2.36. The molecule has 1 aromatic heterocycles. The Kier molecular flexibility index (Phi) is 6.10. The fourth-order valence-corrected chi connectivity index (χ4v) is 2.07. The lowest BCUT2D eigenvalue weighted by Crippen LogP contribution is -2.35. The lowest BCUT2D eigenvalue weighted by Gasteiger charge is -2.11. The van der Waals surface area contributed by atoms with Crippen molar-refractivity contribution in [2.24, 2.45) is 0 Å². The average molecular weight is 319 g/mol. The van der Waals surface area contributed by atoms with Crippen molar-refractivity contribution in [1.82, 2.24) is 15.5 Å². The van der Waals surface area contributed by atoms with Crippen LogP contribution in [0.5, 0.6) is 5.75 Å². The highest BCUT2D eigenvalue weighted by Gasteiger charge is 2.12. The number of benzene rings is 1. The summed E-state index contributed by atoms with van der Waals surface area (Å²) in [5.74, 6) is 1.62. The van der Waals surface area contributed by atoms with Gasteiger partial charge in [0.2, 0.25) is 17.6 Å². The molecule has 0 radical (unpaired) electrons. The molecule has 1 unspecified atom stereocenters. The molecule has 23 heavy (non-hydrogen) atoms. The first-order valence-corrected chi connectivity index (χ1v) is 7.37. The number of methoxy groups -OCH3 is 2. The molecule has 2 rings (SSSR count). The van der Waals surface area contributed by atoms with Gasteiger partial charge in [-0.25, -0.2) is 0 Å². The number of carbonyl (C=O) groups excluding carboxylic acids is 1. The van der Waals surface area contributed by atoms with Gasteiger partial charge in [0.05, 0.1) is 13.7 Å². The van der Waals surface area contributed by atoms with E-state index in [1.165, 1.54) is 0 Å². The molecule has 1 amide bonds. The van der Waals surface area contributed by atoms with Gasteiger partial charge in [0.15, 0.2) is 0 Å². The molecule has 1 N–H and O–H groups in total. The van der Waals surface area contributed by atoms with Crippen molar-refractivity contribution >= 4 is 5.91 Å². The fraction of sp³-hybridized carbons (Fsp3) is 0.438. The number of rotatable bonds is 8. The Morgan fingerprint density at radius 2 is 2.04 bits per heavy atom. The van der Waals surface area contributed by atoms with Crippen LogP contribution in [0.3, 0.4) is 0 Å². The van der Waals surface area contributed by atoms with E-state index in [-0.39, 0.29) is 18.4 Å². The van der Waals surface area contributed by atoms with Crippen LogP contribution < -0.4 is 10.1 Å². The monoisotopic (exact) mass is 319 g/mol. The highest BCUT2D eigenvalue weighted by molar-refractivity contribution is 5.76. The third kappa shape index (κ3) is 5.07. The quantitative estimate of drug-likeness (QED) is 0.799. The Bertz CT molecular complexity index is 625. The molecule has 0 aliphatic rings. The molecule has 7 heteroatoms. The summed E-state index contributed by atoms with van der Waals surface area (Å²) in [6.07, 6.45) is 0.687. The van der Waals surface area contributed by atoms with E-state index in [0.29, 0.717) is 24.7 Å². The third-order valence-corrected chi connectivity index (χ3v) is 3.21. The summed E-state index contributed by atoms with van der Waals surface area (Å²) in [5, 5.41) is 6.77. The Hall–Kier alpha value is -2.41. The maximum Gasteiger partial charge on any atom is 0.227 e.